The molecule has 0 aliphatic carbocycles. The fourth-order valence-electron chi connectivity index (χ4n) is 2.96. The van der Waals surface area contributed by atoms with Crippen LogP contribution in [0.25, 0.3) is 10.9 Å². The lowest BCUT2D eigenvalue weighted by Crippen LogP contribution is -2.38. The molecule has 2 aromatic heterocycles. The molecule has 146 valence electrons. The third-order valence-corrected chi connectivity index (χ3v) is 5.49. The monoisotopic (exact) mass is 497 g/mol. The Morgan fingerprint density at radius 3 is 2.85 bits per heavy atom. The van der Waals surface area contributed by atoms with E-state index < -0.39 is 0 Å². The van der Waals surface area contributed by atoms with Crippen molar-refractivity contribution >= 4 is 52.2 Å². The largest absolute Gasteiger partial charge is 0.361 e. The summed E-state index contributed by atoms with van der Waals surface area (Å²) >= 11 is 1.74. The van der Waals surface area contributed by atoms with Gasteiger partial charge in [-0.05, 0) is 37.8 Å². The van der Waals surface area contributed by atoms with Gasteiger partial charge < -0.3 is 15.6 Å². The van der Waals surface area contributed by atoms with E-state index in [1.807, 2.05) is 6.20 Å². The maximum atomic E-state index is 4.66. The van der Waals surface area contributed by atoms with Crippen molar-refractivity contribution < 1.29 is 0 Å². The molecule has 0 amide bonds. The summed E-state index contributed by atoms with van der Waals surface area (Å²) in [5.41, 5.74) is 3.85. The van der Waals surface area contributed by atoms with Gasteiger partial charge in [0.25, 0.3) is 0 Å². The minimum Gasteiger partial charge on any atom is -0.361 e. The van der Waals surface area contributed by atoms with Crippen LogP contribution in [0.5, 0.6) is 0 Å². The number of aryl methyl sites for hydroxylation is 2. The normalized spacial score (nSPS) is 11.4. The van der Waals surface area contributed by atoms with E-state index in [2.05, 4.69) is 70.8 Å². The topological polar surface area (TPSA) is 65.1 Å². The molecule has 2 heterocycles. The van der Waals surface area contributed by atoms with E-state index in [1.165, 1.54) is 26.9 Å². The lowest BCUT2D eigenvalue weighted by atomic mass is 10.1. The van der Waals surface area contributed by atoms with Gasteiger partial charge in [-0.2, -0.15) is 0 Å². The number of nitrogens with zero attached hydrogens (tertiary/aromatic N) is 2. The lowest BCUT2D eigenvalue weighted by Gasteiger charge is -2.10. The second-order valence-electron chi connectivity index (χ2n) is 6.26. The molecule has 0 aliphatic rings. The Hall–Kier alpha value is -1.61. The number of aromatic nitrogens is 2. The molecule has 0 saturated heterocycles. The summed E-state index contributed by atoms with van der Waals surface area (Å²) in [6, 6.07) is 6.44. The molecule has 7 heteroatoms. The highest BCUT2D eigenvalue weighted by molar-refractivity contribution is 14.0. The van der Waals surface area contributed by atoms with Crippen molar-refractivity contribution in [3.05, 3.63) is 51.6 Å². The molecule has 3 N–H and O–H groups in total. The van der Waals surface area contributed by atoms with Crippen LogP contribution >= 0.6 is 35.3 Å². The van der Waals surface area contributed by atoms with E-state index in [9.17, 15) is 0 Å². The molecule has 0 atom stereocenters. The minimum atomic E-state index is 0. The van der Waals surface area contributed by atoms with Crippen LogP contribution in [-0.2, 0) is 19.4 Å². The van der Waals surface area contributed by atoms with Crippen LogP contribution in [0, 0.1) is 6.92 Å². The van der Waals surface area contributed by atoms with Gasteiger partial charge in [-0.15, -0.1) is 35.3 Å². The number of para-hydroxylation sites is 1. The predicted molar refractivity (Wildman–Crippen MR) is 126 cm³/mol. The Bertz CT molecular complexity index is 884. The molecular formula is C20H28IN5S. The van der Waals surface area contributed by atoms with Gasteiger partial charge in [-0.1, -0.05) is 25.1 Å². The summed E-state index contributed by atoms with van der Waals surface area (Å²) in [5.74, 6) is 0.844. The fourth-order valence-corrected chi connectivity index (χ4v) is 3.75. The van der Waals surface area contributed by atoms with Gasteiger partial charge in [0.15, 0.2) is 5.96 Å². The zero-order valence-corrected chi connectivity index (χ0v) is 19.3. The zero-order chi connectivity index (χ0) is 18.4. The number of aromatic amines is 1. The van der Waals surface area contributed by atoms with Crippen LogP contribution in [0.1, 0.15) is 34.9 Å². The van der Waals surface area contributed by atoms with E-state index in [0.29, 0.717) is 6.54 Å². The molecule has 5 nitrogen and oxygen atoms in total. The molecule has 0 aliphatic heterocycles. The van der Waals surface area contributed by atoms with Crippen LogP contribution in [0.4, 0.5) is 0 Å². The van der Waals surface area contributed by atoms with Crippen LogP contribution in [0.2, 0.25) is 0 Å². The Morgan fingerprint density at radius 1 is 1.26 bits per heavy atom. The molecule has 0 radical (unpaired) electrons. The van der Waals surface area contributed by atoms with Crippen LogP contribution < -0.4 is 10.6 Å². The van der Waals surface area contributed by atoms with Crippen molar-refractivity contribution in [1.29, 1.82) is 0 Å². The van der Waals surface area contributed by atoms with Crippen LogP contribution in [0.15, 0.2) is 35.6 Å². The first-order valence-electron chi connectivity index (χ1n) is 9.22. The number of aliphatic imine (C=N–C) groups is 1. The number of guanidine groups is 1. The second-order valence-corrected chi connectivity index (χ2v) is 7.46. The van der Waals surface area contributed by atoms with Gasteiger partial charge in [0, 0.05) is 41.3 Å². The van der Waals surface area contributed by atoms with Crippen LogP contribution in [0.3, 0.4) is 0 Å². The van der Waals surface area contributed by atoms with Gasteiger partial charge in [-0.25, -0.2) is 9.98 Å². The first-order chi connectivity index (χ1) is 12.7. The summed E-state index contributed by atoms with van der Waals surface area (Å²) in [6.07, 6.45) is 6.05. The summed E-state index contributed by atoms with van der Waals surface area (Å²) in [5, 5.41) is 9.11. The smallest absolute Gasteiger partial charge is 0.191 e. The fraction of sp³-hybridized carbons (Fsp3) is 0.400. The van der Waals surface area contributed by atoms with Crippen molar-refractivity contribution in [2.24, 2.45) is 4.99 Å². The minimum absolute atomic E-state index is 0. The quantitative estimate of drug-likeness (QED) is 0.258. The van der Waals surface area contributed by atoms with Gasteiger partial charge in [0.1, 0.15) is 5.01 Å². The highest BCUT2D eigenvalue weighted by Gasteiger charge is 2.06. The maximum Gasteiger partial charge on any atom is 0.191 e. The van der Waals surface area contributed by atoms with E-state index in [4.69, 9.17) is 0 Å². The number of hydrogen-bond acceptors (Lipinski definition) is 3. The number of thiazole rings is 1. The van der Waals surface area contributed by atoms with Gasteiger partial charge in [-0.3, -0.25) is 0 Å². The molecule has 0 bridgehead atoms. The highest BCUT2D eigenvalue weighted by atomic mass is 127. The standard InChI is InChI=1S/C20H27N5S.HI/c1-4-16-12-23-18(26-16)13-25-20(21-5-2)22-10-9-15-11-24-19-14(3)7-6-8-17(15)19;/h6-8,11-12,24H,4-5,9-10,13H2,1-3H3,(H2,21,22,25);1H. The SMILES string of the molecule is CCNC(=NCc1ncc(CC)s1)NCCc1c[nH]c2c(C)cccc12.I. The molecule has 27 heavy (non-hydrogen) atoms. The molecular weight excluding hydrogens is 469 g/mol. The number of H-pyrrole nitrogens is 1. The number of hydrogen-bond donors (Lipinski definition) is 3. The van der Waals surface area contributed by atoms with Crippen molar-refractivity contribution in [1.82, 2.24) is 20.6 Å². The van der Waals surface area contributed by atoms with Gasteiger partial charge in [0.2, 0.25) is 0 Å². The van der Waals surface area contributed by atoms with Crippen LogP contribution in [-0.4, -0.2) is 29.0 Å². The zero-order valence-electron chi connectivity index (χ0n) is 16.1. The average molecular weight is 497 g/mol. The van der Waals surface area contributed by atoms with E-state index >= 15 is 0 Å². The molecule has 3 rings (SSSR count). The van der Waals surface area contributed by atoms with E-state index in [-0.39, 0.29) is 24.0 Å². The summed E-state index contributed by atoms with van der Waals surface area (Å²) in [6.45, 7) is 8.67. The third-order valence-electron chi connectivity index (χ3n) is 4.36. The Morgan fingerprint density at radius 2 is 2.11 bits per heavy atom. The number of nitrogens with one attached hydrogen (secondary N) is 3. The number of halogens is 1. The first-order valence-corrected chi connectivity index (χ1v) is 10.0. The predicted octanol–water partition coefficient (Wildman–Crippen LogP) is 4.41. The molecule has 0 saturated carbocycles. The van der Waals surface area contributed by atoms with Crippen molar-refractivity contribution in [2.75, 3.05) is 13.1 Å². The third kappa shape index (κ3) is 5.68. The van der Waals surface area contributed by atoms with E-state index in [0.717, 1.165) is 36.9 Å². The Labute approximate surface area is 182 Å². The molecule has 0 spiro atoms. The highest BCUT2D eigenvalue weighted by Crippen LogP contribution is 2.21. The number of fused-ring (bicyclic) bond motifs is 1. The van der Waals surface area contributed by atoms with E-state index in [1.54, 1.807) is 11.3 Å². The average Bonchev–Trinajstić information content (AvgIpc) is 3.27. The van der Waals surface area contributed by atoms with Gasteiger partial charge in [0.05, 0.1) is 6.54 Å². The first kappa shape index (κ1) is 21.7. The second kappa shape index (κ2) is 10.7. The Balaban J connectivity index is 0.00000261. The summed E-state index contributed by atoms with van der Waals surface area (Å²) in [7, 11) is 0. The van der Waals surface area contributed by atoms with Crippen molar-refractivity contribution in [3.63, 3.8) is 0 Å². The lowest BCUT2D eigenvalue weighted by molar-refractivity contribution is 0.801. The molecule has 0 unspecified atom stereocenters. The Kier molecular flexibility index (Phi) is 8.56. The van der Waals surface area contributed by atoms with Crippen molar-refractivity contribution in [2.45, 2.75) is 40.2 Å². The van der Waals surface area contributed by atoms with Crippen molar-refractivity contribution in [3.8, 4) is 0 Å². The summed E-state index contributed by atoms with van der Waals surface area (Å²) < 4.78 is 0. The molecule has 3 aromatic rings. The van der Waals surface area contributed by atoms with Gasteiger partial charge >= 0.3 is 0 Å². The molecule has 1 aromatic carbocycles. The number of benzene rings is 1. The molecule has 0 fully saturated rings. The summed E-state index contributed by atoms with van der Waals surface area (Å²) in [4.78, 5) is 13.8. The number of rotatable bonds is 7. The maximum absolute atomic E-state index is 4.66.